The van der Waals surface area contributed by atoms with Gasteiger partial charge in [0.25, 0.3) is 0 Å². The summed E-state index contributed by atoms with van der Waals surface area (Å²) in [6.45, 7) is -0.105. The van der Waals surface area contributed by atoms with Crippen LogP contribution in [0.4, 0.5) is 4.39 Å². The second-order valence-corrected chi connectivity index (χ2v) is 3.66. The highest BCUT2D eigenvalue weighted by molar-refractivity contribution is 5.34. The van der Waals surface area contributed by atoms with E-state index in [4.69, 9.17) is 4.74 Å². The van der Waals surface area contributed by atoms with Crippen LogP contribution in [0.2, 0.25) is 0 Å². The van der Waals surface area contributed by atoms with Crippen molar-refractivity contribution in [1.29, 1.82) is 0 Å². The molecule has 0 aromatic rings. The molecule has 0 N–H and O–H groups in total. The van der Waals surface area contributed by atoms with Gasteiger partial charge in [0, 0.05) is 0 Å². The number of hydrogen-bond acceptors (Lipinski definition) is 1. The Labute approximate surface area is 78.3 Å². The molecule has 0 aliphatic heterocycles. The van der Waals surface area contributed by atoms with E-state index in [0.717, 1.165) is 19.3 Å². The summed E-state index contributed by atoms with van der Waals surface area (Å²) in [5.74, 6) is 0. The highest BCUT2D eigenvalue weighted by Gasteiger charge is 2.23. The van der Waals surface area contributed by atoms with E-state index in [1.165, 1.54) is 17.6 Å². The smallest absolute Gasteiger partial charge is 0.113 e. The zero-order valence-electron chi connectivity index (χ0n) is 7.76. The molecule has 2 aliphatic rings. The minimum atomic E-state index is -0.364. The van der Waals surface area contributed by atoms with E-state index in [1.54, 1.807) is 0 Å². The van der Waals surface area contributed by atoms with E-state index >= 15 is 0 Å². The zero-order valence-corrected chi connectivity index (χ0v) is 7.76. The quantitative estimate of drug-likeness (QED) is 0.652. The highest BCUT2D eigenvalue weighted by Crippen LogP contribution is 2.34. The van der Waals surface area contributed by atoms with E-state index in [0.29, 0.717) is 0 Å². The van der Waals surface area contributed by atoms with Gasteiger partial charge >= 0.3 is 0 Å². The molecule has 0 amide bonds. The second kappa shape index (κ2) is 4.05. The molecule has 2 aliphatic carbocycles. The third kappa shape index (κ3) is 1.99. The lowest BCUT2D eigenvalue weighted by atomic mass is 10.0. The molecule has 13 heavy (non-hydrogen) atoms. The number of ether oxygens (including phenoxy) is 1. The van der Waals surface area contributed by atoms with Crippen LogP contribution in [-0.2, 0) is 4.74 Å². The number of halogens is 1. The van der Waals surface area contributed by atoms with Crippen LogP contribution in [0.1, 0.15) is 25.7 Å². The number of rotatable bonds is 3. The lowest BCUT2D eigenvalue weighted by Gasteiger charge is -2.09. The first-order valence-electron chi connectivity index (χ1n) is 4.95. The number of alkyl halides is 1. The highest BCUT2D eigenvalue weighted by atomic mass is 19.1. The van der Waals surface area contributed by atoms with Crippen molar-refractivity contribution in [3.8, 4) is 0 Å². The molecule has 1 nitrogen and oxygen atoms in total. The van der Waals surface area contributed by atoms with Crippen LogP contribution >= 0.6 is 0 Å². The van der Waals surface area contributed by atoms with Crippen molar-refractivity contribution < 1.29 is 9.13 Å². The molecular weight excluding hydrogens is 167 g/mol. The lowest BCUT2D eigenvalue weighted by Crippen LogP contribution is -2.10. The third-order valence-corrected chi connectivity index (χ3v) is 2.74. The largest absolute Gasteiger partial charge is 0.375 e. The fourth-order valence-electron chi connectivity index (χ4n) is 2.13. The molecule has 0 spiro atoms. The Morgan fingerprint density at radius 2 is 2.38 bits per heavy atom. The molecule has 0 aromatic carbocycles. The van der Waals surface area contributed by atoms with Crippen molar-refractivity contribution in [1.82, 2.24) is 0 Å². The SMILES string of the molecule is FCCO[C@H]1CC2=C(CCC=C2)C1. The summed E-state index contributed by atoms with van der Waals surface area (Å²) in [6.07, 6.45) is 9.04. The molecular formula is C11H15FO. The van der Waals surface area contributed by atoms with E-state index in [-0.39, 0.29) is 19.4 Å². The van der Waals surface area contributed by atoms with Gasteiger partial charge in [-0.3, -0.25) is 0 Å². The maximum atomic E-state index is 11.9. The Morgan fingerprint density at radius 1 is 1.46 bits per heavy atom. The standard InChI is InChI=1S/C11H15FO/c12-5-6-13-11-7-9-3-1-2-4-10(9)8-11/h1,3,11H,2,4-8H2/t11-/m0/s1. The van der Waals surface area contributed by atoms with Crippen LogP contribution < -0.4 is 0 Å². The Kier molecular flexibility index (Phi) is 2.79. The van der Waals surface area contributed by atoms with Gasteiger partial charge in [-0.1, -0.05) is 17.7 Å². The molecule has 0 aromatic heterocycles. The first-order chi connectivity index (χ1) is 6.40. The molecule has 0 radical (unpaired) electrons. The van der Waals surface area contributed by atoms with E-state index in [1.807, 2.05) is 0 Å². The molecule has 0 heterocycles. The van der Waals surface area contributed by atoms with Crippen molar-refractivity contribution in [2.75, 3.05) is 13.3 Å². The normalized spacial score (nSPS) is 26.7. The fraction of sp³-hybridized carbons (Fsp3) is 0.636. The van der Waals surface area contributed by atoms with Gasteiger partial charge in [-0.2, -0.15) is 0 Å². The summed E-state index contributed by atoms with van der Waals surface area (Å²) in [7, 11) is 0. The van der Waals surface area contributed by atoms with E-state index < -0.39 is 0 Å². The summed E-state index contributed by atoms with van der Waals surface area (Å²) in [6, 6.07) is 0. The van der Waals surface area contributed by atoms with E-state index in [9.17, 15) is 4.39 Å². The van der Waals surface area contributed by atoms with Crippen LogP contribution in [0.15, 0.2) is 23.3 Å². The molecule has 0 unspecified atom stereocenters. The van der Waals surface area contributed by atoms with Crippen molar-refractivity contribution in [2.45, 2.75) is 31.8 Å². The molecule has 72 valence electrons. The molecule has 0 saturated carbocycles. The van der Waals surface area contributed by atoms with Crippen molar-refractivity contribution in [3.63, 3.8) is 0 Å². The molecule has 2 heteroatoms. The zero-order chi connectivity index (χ0) is 9.10. The first-order valence-corrected chi connectivity index (χ1v) is 4.95. The lowest BCUT2D eigenvalue weighted by molar-refractivity contribution is 0.0511. The van der Waals surface area contributed by atoms with Crippen LogP contribution in [-0.4, -0.2) is 19.4 Å². The Bertz CT molecular complexity index is 242. The predicted molar refractivity (Wildman–Crippen MR) is 50.3 cm³/mol. The van der Waals surface area contributed by atoms with Gasteiger partial charge in [0.2, 0.25) is 0 Å². The molecule has 0 fully saturated rings. The van der Waals surface area contributed by atoms with Gasteiger partial charge in [0.05, 0.1) is 12.7 Å². The molecule has 0 saturated heterocycles. The average molecular weight is 182 g/mol. The Morgan fingerprint density at radius 3 is 3.15 bits per heavy atom. The summed E-state index contributed by atoms with van der Waals surface area (Å²) in [4.78, 5) is 0. The van der Waals surface area contributed by atoms with E-state index in [2.05, 4.69) is 12.2 Å². The van der Waals surface area contributed by atoms with Crippen molar-refractivity contribution in [2.24, 2.45) is 0 Å². The van der Waals surface area contributed by atoms with Crippen molar-refractivity contribution >= 4 is 0 Å². The van der Waals surface area contributed by atoms with Crippen LogP contribution in [0.25, 0.3) is 0 Å². The van der Waals surface area contributed by atoms with Crippen LogP contribution in [0.3, 0.4) is 0 Å². The monoisotopic (exact) mass is 182 g/mol. The summed E-state index contributed by atoms with van der Waals surface area (Å²) < 4.78 is 17.3. The topological polar surface area (TPSA) is 9.23 Å². The second-order valence-electron chi connectivity index (χ2n) is 3.66. The average Bonchev–Trinajstić information content (AvgIpc) is 2.57. The van der Waals surface area contributed by atoms with Gasteiger partial charge in [0.15, 0.2) is 0 Å². The van der Waals surface area contributed by atoms with Gasteiger partial charge in [-0.25, -0.2) is 4.39 Å². The van der Waals surface area contributed by atoms with Crippen LogP contribution in [0.5, 0.6) is 0 Å². The first kappa shape index (κ1) is 8.95. The van der Waals surface area contributed by atoms with Gasteiger partial charge in [0.1, 0.15) is 6.67 Å². The predicted octanol–water partition coefficient (Wildman–Crippen LogP) is 2.78. The summed E-state index contributed by atoms with van der Waals surface area (Å²) in [5, 5.41) is 0. The van der Waals surface area contributed by atoms with Gasteiger partial charge in [-0.05, 0) is 31.3 Å². The maximum Gasteiger partial charge on any atom is 0.113 e. The van der Waals surface area contributed by atoms with Crippen molar-refractivity contribution in [3.05, 3.63) is 23.3 Å². The number of hydrogen-bond donors (Lipinski definition) is 0. The Hall–Kier alpha value is -0.630. The number of allylic oxidation sites excluding steroid dienone is 2. The summed E-state index contributed by atoms with van der Waals surface area (Å²) in [5.41, 5.74) is 2.97. The maximum absolute atomic E-state index is 11.9. The van der Waals surface area contributed by atoms with Gasteiger partial charge < -0.3 is 4.74 Å². The fourth-order valence-corrected chi connectivity index (χ4v) is 2.13. The minimum Gasteiger partial charge on any atom is -0.375 e. The Balaban J connectivity index is 1.87. The third-order valence-electron chi connectivity index (χ3n) is 2.74. The van der Waals surface area contributed by atoms with Crippen LogP contribution in [0, 0.1) is 0 Å². The molecule has 2 rings (SSSR count). The molecule has 1 atom stereocenters. The minimum absolute atomic E-state index is 0.253. The summed E-state index contributed by atoms with van der Waals surface area (Å²) >= 11 is 0. The van der Waals surface area contributed by atoms with Gasteiger partial charge in [-0.15, -0.1) is 0 Å². The molecule has 0 bridgehead atoms.